The van der Waals surface area contributed by atoms with E-state index in [1.807, 2.05) is 12.1 Å². The van der Waals surface area contributed by atoms with Crippen molar-refractivity contribution in [3.05, 3.63) is 64.7 Å². The summed E-state index contributed by atoms with van der Waals surface area (Å²) < 4.78 is 44.9. The Bertz CT molecular complexity index is 900. The number of carbonyl (C=O) groups is 1. The van der Waals surface area contributed by atoms with E-state index in [0.717, 1.165) is 11.6 Å². The van der Waals surface area contributed by atoms with Gasteiger partial charge in [0, 0.05) is 39.8 Å². The minimum Gasteiger partial charge on any atom is -0.497 e. The molecular formula is C21H26F3IN4O2. The number of nitrogens with zero attached hydrogens (tertiary/aromatic N) is 2. The summed E-state index contributed by atoms with van der Waals surface area (Å²) in [6.45, 7) is 0.333. The molecule has 31 heavy (non-hydrogen) atoms. The van der Waals surface area contributed by atoms with Crippen molar-refractivity contribution in [1.29, 1.82) is 0 Å². The SMILES string of the molecule is CN=C(NCc1ccc(C(=O)N(C)C)cc1)NCc1ccc(OC)cc1C(F)(F)F.I. The fourth-order valence-electron chi connectivity index (χ4n) is 2.71. The van der Waals surface area contributed by atoms with Crippen molar-refractivity contribution in [1.82, 2.24) is 15.5 Å². The second-order valence-electron chi connectivity index (χ2n) is 6.70. The topological polar surface area (TPSA) is 66.0 Å². The monoisotopic (exact) mass is 550 g/mol. The van der Waals surface area contributed by atoms with E-state index in [0.29, 0.717) is 18.1 Å². The standard InChI is InChI=1S/C21H25F3N4O2.HI/c1-25-20(26-12-14-5-7-15(8-6-14)19(29)28(2)3)27-13-16-9-10-17(30-4)11-18(16)21(22,23)24;/h5-11H,12-13H2,1-4H3,(H2,25,26,27);1H. The zero-order valence-electron chi connectivity index (χ0n) is 17.7. The molecule has 10 heteroatoms. The Morgan fingerprint density at radius 1 is 1.06 bits per heavy atom. The van der Waals surface area contributed by atoms with Gasteiger partial charge in [0.25, 0.3) is 5.91 Å². The molecule has 0 bridgehead atoms. The maximum absolute atomic E-state index is 13.3. The van der Waals surface area contributed by atoms with Crippen molar-refractivity contribution in [3.8, 4) is 5.75 Å². The fourth-order valence-corrected chi connectivity index (χ4v) is 2.71. The van der Waals surface area contributed by atoms with E-state index in [1.165, 1.54) is 31.2 Å². The van der Waals surface area contributed by atoms with E-state index < -0.39 is 11.7 Å². The van der Waals surface area contributed by atoms with E-state index in [2.05, 4.69) is 15.6 Å². The highest BCUT2D eigenvalue weighted by molar-refractivity contribution is 14.0. The average molecular weight is 550 g/mol. The quantitative estimate of drug-likeness (QED) is 0.326. The van der Waals surface area contributed by atoms with Gasteiger partial charge in [-0.15, -0.1) is 24.0 Å². The number of ether oxygens (including phenoxy) is 1. The molecule has 1 amide bonds. The van der Waals surface area contributed by atoms with Crippen molar-refractivity contribution in [2.75, 3.05) is 28.3 Å². The Morgan fingerprint density at radius 2 is 1.68 bits per heavy atom. The van der Waals surface area contributed by atoms with E-state index in [1.54, 1.807) is 26.2 Å². The third kappa shape index (κ3) is 7.60. The molecule has 0 aliphatic heterocycles. The van der Waals surface area contributed by atoms with Crippen LogP contribution in [0.4, 0.5) is 13.2 Å². The van der Waals surface area contributed by atoms with Crippen LogP contribution in [0.1, 0.15) is 27.0 Å². The molecule has 6 nitrogen and oxygen atoms in total. The first-order chi connectivity index (χ1) is 14.2. The molecule has 0 radical (unpaired) electrons. The number of amides is 1. The molecule has 170 valence electrons. The number of methoxy groups -OCH3 is 1. The van der Waals surface area contributed by atoms with Gasteiger partial charge < -0.3 is 20.3 Å². The number of halogens is 4. The molecule has 0 aromatic heterocycles. The minimum atomic E-state index is -4.49. The molecule has 0 aliphatic rings. The highest BCUT2D eigenvalue weighted by atomic mass is 127. The number of hydrogen-bond donors (Lipinski definition) is 2. The zero-order chi connectivity index (χ0) is 22.3. The molecule has 2 aromatic rings. The molecule has 0 heterocycles. The molecule has 0 spiro atoms. The van der Waals surface area contributed by atoms with Crippen LogP contribution in [0.3, 0.4) is 0 Å². The normalized spacial score (nSPS) is 11.4. The maximum atomic E-state index is 13.3. The van der Waals surface area contributed by atoms with Gasteiger partial charge in [0.1, 0.15) is 5.75 Å². The number of alkyl halides is 3. The molecular weight excluding hydrogens is 524 g/mol. The number of aliphatic imine (C=N–C) groups is 1. The summed E-state index contributed by atoms with van der Waals surface area (Å²) in [5.41, 5.74) is 0.794. The first-order valence-electron chi connectivity index (χ1n) is 9.15. The summed E-state index contributed by atoms with van der Waals surface area (Å²) >= 11 is 0. The third-order valence-corrected chi connectivity index (χ3v) is 4.36. The lowest BCUT2D eigenvalue weighted by molar-refractivity contribution is -0.138. The number of benzene rings is 2. The van der Waals surface area contributed by atoms with Crippen molar-refractivity contribution < 1.29 is 22.7 Å². The Morgan fingerprint density at radius 3 is 2.19 bits per heavy atom. The van der Waals surface area contributed by atoms with Crippen LogP contribution in [0, 0.1) is 0 Å². The fraction of sp³-hybridized carbons (Fsp3) is 0.333. The van der Waals surface area contributed by atoms with Gasteiger partial charge in [-0.3, -0.25) is 9.79 Å². The predicted octanol–water partition coefficient (Wildman–Crippen LogP) is 3.90. The second-order valence-corrected chi connectivity index (χ2v) is 6.70. The maximum Gasteiger partial charge on any atom is 0.416 e. The molecule has 2 rings (SSSR count). The molecule has 2 aromatic carbocycles. The van der Waals surface area contributed by atoms with Crippen molar-refractivity contribution in [2.45, 2.75) is 19.3 Å². The van der Waals surface area contributed by atoms with Crippen LogP contribution >= 0.6 is 24.0 Å². The van der Waals surface area contributed by atoms with Crippen LogP contribution in [-0.2, 0) is 19.3 Å². The molecule has 0 unspecified atom stereocenters. The van der Waals surface area contributed by atoms with Crippen LogP contribution in [0.15, 0.2) is 47.5 Å². The van der Waals surface area contributed by atoms with Gasteiger partial charge >= 0.3 is 6.18 Å². The van der Waals surface area contributed by atoms with Gasteiger partial charge in [0.15, 0.2) is 5.96 Å². The molecule has 0 aliphatic carbocycles. The van der Waals surface area contributed by atoms with Gasteiger partial charge in [0.05, 0.1) is 12.7 Å². The lowest BCUT2D eigenvalue weighted by Gasteiger charge is -2.17. The Balaban J connectivity index is 0.00000480. The van der Waals surface area contributed by atoms with Crippen molar-refractivity contribution >= 4 is 35.8 Å². The number of nitrogens with one attached hydrogen (secondary N) is 2. The van der Waals surface area contributed by atoms with Crippen molar-refractivity contribution in [3.63, 3.8) is 0 Å². The second kappa shape index (κ2) is 11.8. The molecule has 0 atom stereocenters. The van der Waals surface area contributed by atoms with E-state index >= 15 is 0 Å². The van der Waals surface area contributed by atoms with Gasteiger partial charge in [0.2, 0.25) is 0 Å². The van der Waals surface area contributed by atoms with Crippen LogP contribution in [0.25, 0.3) is 0 Å². The van der Waals surface area contributed by atoms with Crippen LogP contribution in [0.5, 0.6) is 5.75 Å². The van der Waals surface area contributed by atoms with Gasteiger partial charge in [-0.1, -0.05) is 18.2 Å². The number of carbonyl (C=O) groups excluding carboxylic acids is 1. The summed E-state index contributed by atoms with van der Waals surface area (Å²) in [6.07, 6.45) is -4.49. The Kier molecular flexibility index (Phi) is 10.1. The predicted molar refractivity (Wildman–Crippen MR) is 125 cm³/mol. The molecule has 0 fully saturated rings. The number of rotatable bonds is 6. The van der Waals surface area contributed by atoms with Gasteiger partial charge in [-0.2, -0.15) is 13.2 Å². The minimum absolute atomic E-state index is 0. The smallest absolute Gasteiger partial charge is 0.416 e. The first kappa shape index (κ1) is 26.5. The number of guanidine groups is 1. The third-order valence-electron chi connectivity index (χ3n) is 4.36. The number of hydrogen-bond acceptors (Lipinski definition) is 3. The lowest BCUT2D eigenvalue weighted by Crippen LogP contribution is -2.36. The van der Waals surface area contributed by atoms with E-state index in [-0.39, 0.29) is 47.7 Å². The van der Waals surface area contributed by atoms with Crippen LogP contribution in [0.2, 0.25) is 0 Å². The Hall–Kier alpha value is -2.50. The first-order valence-corrected chi connectivity index (χ1v) is 9.15. The van der Waals surface area contributed by atoms with Gasteiger partial charge in [-0.25, -0.2) is 0 Å². The highest BCUT2D eigenvalue weighted by Crippen LogP contribution is 2.34. The van der Waals surface area contributed by atoms with Gasteiger partial charge in [-0.05, 0) is 35.4 Å². The van der Waals surface area contributed by atoms with E-state index in [4.69, 9.17) is 4.74 Å². The summed E-state index contributed by atoms with van der Waals surface area (Å²) in [7, 11) is 6.22. The summed E-state index contributed by atoms with van der Waals surface area (Å²) in [4.78, 5) is 17.5. The average Bonchev–Trinajstić information content (AvgIpc) is 2.73. The highest BCUT2D eigenvalue weighted by Gasteiger charge is 2.33. The lowest BCUT2D eigenvalue weighted by atomic mass is 10.1. The van der Waals surface area contributed by atoms with Crippen molar-refractivity contribution in [2.24, 2.45) is 4.99 Å². The van der Waals surface area contributed by atoms with E-state index in [9.17, 15) is 18.0 Å². The molecule has 0 saturated heterocycles. The summed E-state index contributed by atoms with van der Waals surface area (Å²) in [5.74, 6) is 0.407. The Labute approximate surface area is 196 Å². The molecule has 2 N–H and O–H groups in total. The molecule has 0 saturated carbocycles. The zero-order valence-corrected chi connectivity index (χ0v) is 20.0. The summed E-state index contributed by atoms with van der Waals surface area (Å²) in [6, 6.07) is 10.9. The summed E-state index contributed by atoms with van der Waals surface area (Å²) in [5, 5.41) is 5.93. The largest absolute Gasteiger partial charge is 0.497 e. The van der Waals surface area contributed by atoms with Crippen LogP contribution < -0.4 is 15.4 Å². The van der Waals surface area contributed by atoms with Crippen LogP contribution in [-0.4, -0.2) is 45.0 Å².